The van der Waals surface area contributed by atoms with E-state index in [0.717, 1.165) is 6.42 Å². The predicted molar refractivity (Wildman–Crippen MR) is 77.8 cm³/mol. The van der Waals surface area contributed by atoms with Crippen LogP contribution in [0.25, 0.3) is 0 Å². The zero-order chi connectivity index (χ0) is 15.7. The lowest BCUT2D eigenvalue weighted by Gasteiger charge is -2.14. The van der Waals surface area contributed by atoms with Gasteiger partial charge >= 0.3 is 0 Å². The van der Waals surface area contributed by atoms with E-state index >= 15 is 0 Å². The third-order valence-electron chi connectivity index (χ3n) is 2.87. The molecule has 1 aromatic rings. The fourth-order valence-electron chi connectivity index (χ4n) is 1.79. The number of benzene rings is 1. The topological polar surface area (TPSA) is 92.0 Å². The highest BCUT2D eigenvalue weighted by Crippen LogP contribution is 2.40. The molecule has 0 saturated carbocycles. The van der Waals surface area contributed by atoms with E-state index in [-0.39, 0.29) is 5.91 Å². The van der Waals surface area contributed by atoms with Crippen LogP contribution in [0.5, 0.6) is 23.0 Å². The molecule has 1 rings (SSSR count). The SMILES string of the molecule is COc1cc(OCCCCC(=O)NN)cc(OC)c1OC. The first-order valence-corrected chi connectivity index (χ1v) is 6.58. The first kappa shape index (κ1) is 16.9. The average Bonchev–Trinajstić information content (AvgIpc) is 2.52. The third-order valence-corrected chi connectivity index (χ3v) is 2.87. The second kappa shape index (κ2) is 8.91. The number of carbonyl (C=O) groups excluding carboxylic acids is 1. The highest BCUT2D eigenvalue weighted by atomic mass is 16.5. The van der Waals surface area contributed by atoms with E-state index < -0.39 is 0 Å². The molecule has 0 radical (unpaired) electrons. The molecule has 0 aliphatic carbocycles. The van der Waals surface area contributed by atoms with E-state index in [9.17, 15) is 4.79 Å². The van der Waals surface area contributed by atoms with Crippen LogP contribution in [0, 0.1) is 0 Å². The maximum absolute atomic E-state index is 11.0. The van der Waals surface area contributed by atoms with Crippen LogP contribution in [0.15, 0.2) is 12.1 Å². The molecular weight excluding hydrogens is 276 g/mol. The quantitative estimate of drug-likeness (QED) is 0.308. The standard InChI is InChI=1S/C14H22N2O5/c1-18-11-8-10(9-12(19-2)14(11)20-3)21-7-5-4-6-13(17)16-15/h8-9H,4-7,15H2,1-3H3,(H,16,17). The van der Waals surface area contributed by atoms with E-state index in [1.165, 1.54) is 0 Å². The van der Waals surface area contributed by atoms with Crippen molar-refractivity contribution in [1.82, 2.24) is 5.43 Å². The Labute approximate surface area is 124 Å². The Morgan fingerprint density at radius 3 is 2.19 bits per heavy atom. The maximum Gasteiger partial charge on any atom is 0.233 e. The predicted octanol–water partition coefficient (Wildman–Crippen LogP) is 1.25. The monoisotopic (exact) mass is 298 g/mol. The summed E-state index contributed by atoms with van der Waals surface area (Å²) >= 11 is 0. The van der Waals surface area contributed by atoms with E-state index in [2.05, 4.69) is 5.43 Å². The third kappa shape index (κ3) is 5.03. The van der Waals surface area contributed by atoms with E-state index in [0.29, 0.717) is 42.4 Å². The zero-order valence-corrected chi connectivity index (χ0v) is 12.6. The summed E-state index contributed by atoms with van der Waals surface area (Å²) in [4.78, 5) is 11.0. The number of hydrogen-bond donors (Lipinski definition) is 2. The molecule has 0 bridgehead atoms. The lowest BCUT2D eigenvalue weighted by molar-refractivity contribution is -0.121. The Bertz CT molecular complexity index is 440. The molecule has 0 saturated heterocycles. The first-order valence-electron chi connectivity index (χ1n) is 6.58. The van der Waals surface area contributed by atoms with Crippen molar-refractivity contribution in [3.63, 3.8) is 0 Å². The number of rotatable bonds is 9. The fraction of sp³-hybridized carbons (Fsp3) is 0.500. The molecule has 3 N–H and O–H groups in total. The second-order valence-electron chi connectivity index (χ2n) is 4.23. The summed E-state index contributed by atoms with van der Waals surface area (Å²) in [6.45, 7) is 0.483. The number of carbonyl (C=O) groups is 1. The van der Waals surface area contributed by atoms with Crippen molar-refractivity contribution in [3.05, 3.63) is 12.1 Å². The van der Waals surface area contributed by atoms with Crippen LogP contribution in [0.3, 0.4) is 0 Å². The van der Waals surface area contributed by atoms with Crippen molar-refractivity contribution >= 4 is 5.91 Å². The van der Waals surface area contributed by atoms with Crippen LogP contribution in [-0.2, 0) is 4.79 Å². The summed E-state index contributed by atoms with van der Waals surface area (Å²) in [5.41, 5.74) is 2.09. The van der Waals surface area contributed by atoms with Crippen molar-refractivity contribution in [3.8, 4) is 23.0 Å². The molecule has 0 spiro atoms. The van der Waals surface area contributed by atoms with Gasteiger partial charge in [0.05, 0.1) is 27.9 Å². The molecule has 0 atom stereocenters. The van der Waals surface area contributed by atoms with Crippen molar-refractivity contribution in [2.45, 2.75) is 19.3 Å². The molecule has 0 aromatic heterocycles. The van der Waals surface area contributed by atoms with Crippen LogP contribution in [0.4, 0.5) is 0 Å². The number of nitrogens with one attached hydrogen (secondary N) is 1. The summed E-state index contributed by atoms with van der Waals surface area (Å²) in [5, 5.41) is 0. The Balaban J connectivity index is 2.57. The van der Waals surface area contributed by atoms with Gasteiger partial charge in [0.2, 0.25) is 11.7 Å². The Hall–Kier alpha value is -2.15. The van der Waals surface area contributed by atoms with Gasteiger partial charge in [0, 0.05) is 18.6 Å². The van der Waals surface area contributed by atoms with E-state index in [1.807, 2.05) is 0 Å². The normalized spacial score (nSPS) is 9.90. The largest absolute Gasteiger partial charge is 0.493 e. The van der Waals surface area contributed by atoms with E-state index in [1.54, 1.807) is 33.5 Å². The Morgan fingerprint density at radius 2 is 1.71 bits per heavy atom. The highest BCUT2D eigenvalue weighted by Gasteiger charge is 2.13. The maximum atomic E-state index is 11.0. The van der Waals surface area contributed by atoms with Gasteiger partial charge in [-0.1, -0.05) is 0 Å². The molecule has 1 aromatic carbocycles. The number of hydrogen-bond acceptors (Lipinski definition) is 6. The number of nitrogens with two attached hydrogens (primary N) is 1. The van der Waals surface area contributed by atoms with Crippen molar-refractivity contribution in [2.24, 2.45) is 5.84 Å². The van der Waals surface area contributed by atoms with Gasteiger partial charge in [-0.25, -0.2) is 5.84 Å². The fourth-order valence-corrected chi connectivity index (χ4v) is 1.79. The molecule has 21 heavy (non-hydrogen) atoms. The van der Waals surface area contributed by atoms with Crippen LogP contribution >= 0.6 is 0 Å². The smallest absolute Gasteiger partial charge is 0.233 e. The van der Waals surface area contributed by atoms with Gasteiger partial charge in [-0.2, -0.15) is 0 Å². The molecule has 0 aliphatic heterocycles. The highest BCUT2D eigenvalue weighted by molar-refractivity contribution is 5.75. The van der Waals surface area contributed by atoms with Crippen molar-refractivity contribution < 1.29 is 23.7 Å². The number of hydrazine groups is 1. The Morgan fingerprint density at radius 1 is 1.10 bits per heavy atom. The summed E-state index contributed by atoms with van der Waals surface area (Å²) < 4.78 is 21.3. The number of ether oxygens (including phenoxy) is 4. The van der Waals surface area contributed by atoms with Crippen LogP contribution in [0.1, 0.15) is 19.3 Å². The van der Waals surface area contributed by atoms with E-state index in [4.69, 9.17) is 24.8 Å². The van der Waals surface area contributed by atoms with Crippen molar-refractivity contribution in [2.75, 3.05) is 27.9 Å². The van der Waals surface area contributed by atoms with Crippen LogP contribution in [-0.4, -0.2) is 33.8 Å². The molecule has 0 aliphatic rings. The minimum absolute atomic E-state index is 0.178. The molecule has 0 unspecified atom stereocenters. The van der Waals surface area contributed by atoms with Gasteiger partial charge in [0.15, 0.2) is 11.5 Å². The first-order chi connectivity index (χ1) is 10.2. The minimum atomic E-state index is -0.178. The minimum Gasteiger partial charge on any atom is -0.493 e. The van der Waals surface area contributed by atoms with Crippen LogP contribution < -0.4 is 30.2 Å². The van der Waals surface area contributed by atoms with Gasteiger partial charge in [-0.15, -0.1) is 0 Å². The lowest BCUT2D eigenvalue weighted by Crippen LogP contribution is -2.29. The summed E-state index contributed by atoms with van der Waals surface area (Å²) in [6.07, 6.45) is 1.83. The summed E-state index contributed by atoms with van der Waals surface area (Å²) in [7, 11) is 4.64. The average molecular weight is 298 g/mol. The van der Waals surface area contributed by atoms with Crippen molar-refractivity contribution in [1.29, 1.82) is 0 Å². The number of methoxy groups -OCH3 is 3. The molecular formula is C14H22N2O5. The second-order valence-corrected chi connectivity index (χ2v) is 4.23. The zero-order valence-electron chi connectivity index (χ0n) is 12.6. The molecule has 7 nitrogen and oxygen atoms in total. The van der Waals surface area contributed by atoms with Gasteiger partial charge in [-0.3, -0.25) is 10.2 Å². The lowest BCUT2D eigenvalue weighted by atomic mass is 10.2. The van der Waals surface area contributed by atoms with Gasteiger partial charge < -0.3 is 18.9 Å². The molecule has 7 heteroatoms. The van der Waals surface area contributed by atoms with Gasteiger partial charge in [0.1, 0.15) is 5.75 Å². The summed E-state index contributed by atoms with van der Waals surface area (Å²) in [6, 6.07) is 3.46. The van der Waals surface area contributed by atoms with Gasteiger partial charge in [0.25, 0.3) is 0 Å². The number of amides is 1. The molecule has 0 heterocycles. The molecule has 1 amide bonds. The molecule has 0 fully saturated rings. The summed E-state index contributed by atoms with van der Waals surface area (Å²) in [5.74, 6) is 7.03. The van der Waals surface area contributed by atoms with Gasteiger partial charge in [-0.05, 0) is 12.8 Å². The molecule has 118 valence electrons. The number of unbranched alkanes of at least 4 members (excludes halogenated alkanes) is 1. The van der Waals surface area contributed by atoms with Crippen LogP contribution in [0.2, 0.25) is 0 Å². The Kier molecular flexibility index (Phi) is 7.17.